The average Bonchev–Trinajstić information content (AvgIpc) is 2.83. The van der Waals surface area contributed by atoms with Gasteiger partial charge in [0, 0.05) is 21.0 Å². The SMILES string of the molecule is O=C(NCc1nc(C(=O)O)cs1)c1cc(Cl)cc(Cl)c1. The van der Waals surface area contributed by atoms with Gasteiger partial charge in [0.1, 0.15) is 5.01 Å². The second kappa shape index (κ2) is 6.21. The topological polar surface area (TPSA) is 79.3 Å². The molecule has 1 aromatic heterocycles. The fourth-order valence-corrected chi connectivity index (χ4v) is 2.67. The summed E-state index contributed by atoms with van der Waals surface area (Å²) in [4.78, 5) is 26.4. The molecule has 0 atom stereocenters. The molecule has 20 heavy (non-hydrogen) atoms. The molecule has 0 saturated heterocycles. The third kappa shape index (κ3) is 3.69. The lowest BCUT2D eigenvalue weighted by Crippen LogP contribution is -2.22. The number of aromatic nitrogens is 1. The molecular weight excluding hydrogens is 323 g/mol. The summed E-state index contributed by atoms with van der Waals surface area (Å²) >= 11 is 12.8. The predicted octanol–water partition coefficient (Wildman–Crippen LogP) is 3.08. The first-order valence-corrected chi connectivity index (χ1v) is 7.01. The van der Waals surface area contributed by atoms with Crippen molar-refractivity contribution >= 4 is 46.4 Å². The van der Waals surface area contributed by atoms with Gasteiger partial charge < -0.3 is 10.4 Å². The van der Waals surface area contributed by atoms with Crippen molar-refractivity contribution in [2.75, 3.05) is 0 Å². The van der Waals surface area contributed by atoms with Gasteiger partial charge in [0.25, 0.3) is 5.91 Å². The first-order valence-electron chi connectivity index (χ1n) is 5.37. The first kappa shape index (κ1) is 14.8. The number of halogens is 2. The summed E-state index contributed by atoms with van der Waals surface area (Å²) in [6.07, 6.45) is 0. The van der Waals surface area contributed by atoms with Gasteiger partial charge in [-0.2, -0.15) is 0 Å². The van der Waals surface area contributed by atoms with E-state index in [2.05, 4.69) is 10.3 Å². The summed E-state index contributed by atoms with van der Waals surface area (Å²) in [7, 11) is 0. The van der Waals surface area contributed by atoms with E-state index in [9.17, 15) is 9.59 Å². The summed E-state index contributed by atoms with van der Waals surface area (Å²) in [6.45, 7) is 0.140. The molecule has 0 aliphatic carbocycles. The van der Waals surface area contributed by atoms with Crippen molar-refractivity contribution in [2.45, 2.75) is 6.54 Å². The number of carboxylic acids is 1. The number of thiazole rings is 1. The molecule has 0 unspecified atom stereocenters. The van der Waals surface area contributed by atoms with Crippen LogP contribution in [0.15, 0.2) is 23.6 Å². The maximum absolute atomic E-state index is 11.9. The molecule has 1 heterocycles. The van der Waals surface area contributed by atoms with Gasteiger partial charge in [0.15, 0.2) is 5.69 Å². The smallest absolute Gasteiger partial charge is 0.355 e. The molecule has 0 spiro atoms. The molecule has 104 valence electrons. The highest BCUT2D eigenvalue weighted by molar-refractivity contribution is 7.09. The molecule has 0 aliphatic heterocycles. The third-order valence-electron chi connectivity index (χ3n) is 2.30. The standard InChI is InChI=1S/C12H8Cl2N2O3S/c13-7-1-6(2-8(14)3-7)11(17)15-4-10-16-9(5-20-10)12(18)19/h1-3,5H,4H2,(H,15,17)(H,18,19). The number of benzene rings is 1. The van der Waals surface area contributed by atoms with Crippen LogP contribution in [-0.2, 0) is 6.54 Å². The van der Waals surface area contributed by atoms with E-state index in [0.29, 0.717) is 20.6 Å². The molecule has 1 amide bonds. The number of carbonyl (C=O) groups excluding carboxylic acids is 1. The zero-order valence-corrected chi connectivity index (χ0v) is 12.2. The second-order valence-electron chi connectivity index (χ2n) is 3.77. The minimum absolute atomic E-state index is 0.0370. The van der Waals surface area contributed by atoms with E-state index >= 15 is 0 Å². The van der Waals surface area contributed by atoms with Gasteiger partial charge in [-0.15, -0.1) is 11.3 Å². The Morgan fingerprint density at radius 1 is 1.25 bits per heavy atom. The molecule has 2 aromatic rings. The summed E-state index contributed by atoms with van der Waals surface area (Å²) in [5.74, 6) is -1.46. The Balaban J connectivity index is 2.02. The van der Waals surface area contributed by atoms with Crippen LogP contribution in [0.2, 0.25) is 10.0 Å². The highest BCUT2D eigenvalue weighted by atomic mass is 35.5. The summed E-state index contributed by atoms with van der Waals surface area (Å²) in [6, 6.07) is 4.51. The monoisotopic (exact) mass is 330 g/mol. The van der Waals surface area contributed by atoms with Crippen molar-refractivity contribution in [3.8, 4) is 0 Å². The molecule has 0 saturated carbocycles. The normalized spacial score (nSPS) is 10.3. The molecule has 5 nitrogen and oxygen atoms in total. The zero-order chi connectivity index (χ0) is 14.7. The van der Waals surface area contributed by atoms with Gasteiger partial charge in [-0.1, -0.05) is 23.2 Å². The molecule has 0 aliphatic rings. The second-order valence-corrected chi connectivity index (χ2v) is 5.59. The highest BCUT2D eigenvalue weighted by Crippen LogP contribution is 2.19. The summed E-state index contributed by atoms with van der Waals surface area (Å²) in [5, 5.41) is 14.0. The number of aromatic carboxylic acids is 1. The lowest BCUT2D eigenvalue weighted by molar-refractivity contribution is 0.0691. The molecule has 0 radical (unpaired) electrons. The molecular formula is C12H8Cl2N2O3S. The summed E-state index contributed by atoms with van der Waals surface area (Å²) < 4.78 is 0. The van der Waals surface area contributed by atoms with Crippen molar-refractivity contribution in [1.29, 1.82) is 0 Å². The van der Waals surface area contributed by atoms with Crippen LogP contribution >= 0.6 is 34.5 Å². The van der Waals surface area contributed by atoms with Gasteiger partial charge in [-0.3, -0.25) is 4.79 Å². The van der Waals surface area contributed by atoms with Crippen LogP contribution in [0.4, 0.5) is 0 Å². The van der Waals surface area contributed by atoms with E-state index < -0.39 is 5.97 Å². The van der Waals surface area contributed by atoms with E-state index in [1.54, 1.807) is 0 Å². The third-order valence-corrected chi connectivity index (χ3v) is 3.58. The highest BCUT2D eigenvalue weighted by Gasteiger charge is 2.11. The maximum atomic E-state index is 11.9. The number of hydrogen-bond acceptors (Lipinski definition) is 4. The zero-order valence-electron chi connectivity index (χ0n) is 9.89. The van der Waals surface area contributed by atoms with E-state index in [-0.39, 0.29) is 18.1 Å². The Bertz CT molecular complexity index is 652. The van der Waals surface area contributed by atoms with Crippen LogP contribution in [0.25, 0.3) is 0 Å². The van der Waals surface area contributed by atoms with Crippen LogP contribution in [-0.4, -0.2) is 22.0 Å². The molecule has 2 rings (SSSR count). The molecule has 0 fully saturated rings. The molecule has 2 N–H and O–H groups in total. The Labute approximate surface area is 128 Å². The Morgan fingerprint density at radius 2 is 1.90 bits per heavy atom. The number of nitrogens with one attached hydrogen (secondary N) is 1. The molecule has 0 bridgehead atoms. The van der Waals surface area contributed by atoms with Crippen LogP contribution in [0, 0.1) is 0 Å². The first-order chi connectivity index (χ1) is 9.45. The van der Waals surface area contributed by atoms with Crippen molar-refractivity contribution in [3.63, 3.8) is 0 Å². The van der Waals surface area contributed by atoms with Gasteiger partial charge in [0.2, 0.25) is 0 Å². The van der Waals surface area contributed by atoms with Crippen molar-refractivity contribution in [3.05, 3.63) is 49.9 Å². The number of carbonyl (C=O) groups is 2. The number of carboxylic acid groups (broad SMARTS) is 1. The van der Waals surface area contributed by atoms with E-state index in [4.69, 9.17) is 28.3 Å². The fraction of sp³-hybridized carbons (Fsp3) is 0.0833. The number of amides is 1. The van der Waals surface area contributed by atoms with Crippen molar-refractivity contribution < 1.29 is 14.7 Å². The van der Waals surface area contributed by atoms with Gasteiger partial charge >= 0.3 is 5.97 Å². The van der Waals surface area contributed by atoms with Crippen LogP contribution in [0.3, 0.4) is 0 Å². The Morgan fingerprint density at radius 3 is 2.45 bits per heavy atom. The van der Waals surface area contributed by atoms with E-state index in [1.807, 2.05) is 0 Å². The largest absolute Gasteiger partial charge is 0.476 e. The quantitative estimate of drug-likeness (QED) is 0.902. The van der Waals surface area contributed by atoms with E-state index in [1.165, 1.54) is 23.6 Å². The lowest BCUT2D eigenvalue weighted by Gasteiger charge is -2.04. The van der Waals surface area contributed by atoms with Gasteiger partial charge in [0.05, 0.1) is 6.54 Å². The Kier molecular flexibility index (Phi) is 4.59. The maximum Gasteiger partial charge on any atom is 0.355 e. The van der Waals surface area contributed by atoms with Crippen molar-refractivity contribution in [2.24, 2.45) is 0 Å². The van der Waals surface area contributed by atoms with Crippen LogP contribution in [0.5, 0.6) is 0 Å². The minimum atomic E-state index is -1.10. The predicted molar refractivity (Wildman–Crippen MR) is 76.7 cm³/mol. The van der Waals surface area contributed by atoms with E-state index in [0.717, 1.165) is 11.3 Å². The summed E-state index contributed by atoms with van der Waals surface area (Å²) in [5.41, 5.74) is 0.294. The number of nitrogens with zero attached hydrogens (tertiary/aromatic N) is 1. The van der Waals surface area contributed by atoms with Gasteiger partial charge in [-0.25, -0.2) is 9.78 Å². The average molecular weight is 331 g/mol. The van der Waals surface area contributed by atoms with Crippen LogP contribution < -0.4 is 5.32 Å². The molecule has 8 heteroatoms. The molecule has 1 aromatic carbocycles. The minimum Gasteiger partial charge on any atom is -0.476 e. The lowest BCUT2D eigenvalue weighted by atomic mass is 10.2. The number of rotatable bonds is 4. The fourth-order valence-electron chi connectivity index (χ4n) is 1.43. The van der Waals surface area contributed by atoms with Gasteiger partial charge in [-0.05, 0) is 18.2 Å². The number of hydrogen-bond donors (Lipinski definition) is 2. The van der Waals surface area contributed by atoms with Crippen LogP contribution in [0.1, 0.15) is 25.9 Å². The van der Waals surface area contributed by atoms with Crippen molar-refractivity contribution in [1.82, 2.24) is 10.3 Å². The Hall–Kier alpha value is -1.63.